The lowest BCUT2D eigenvalue weighted by Gasteiger charge is -2.11. The number of aryl methyl sites for hydroxylation is 1. The molecule has 0 aliphatic heterocycles. The molecule has 0 saturated carbocycles. The van der Waals surface area contributed by atoms with Crippen molar-refractivity contribution in [1.82, 2.24) is 40.1 Å². The average Bonchev–Trinajstić information content (AvgIpc) is 2.69. The Morgan fingerprint density at radius 3 is 2.74 bits per heavy atom. The Kier molecular flexibility index (Phi) is 4.15. The van der Waals surface area contributed by atoms with Crippen molar-refractivity contribution in [3.63, 3.8) is 0 Å². The molecule has 0 aliphatic carbocycles. The van der Waals surface area contributed by atoms with Crippen molar-refractivity contribution in [3.8, 4) is 0 Å². The van der Waals surface area contributed by atoms with Crippen LogP contribution in [0.25, 0.3) is 21.8 Å². The van der Waals surface area contributed by atoms with Crippen LogP contribution in [0.1, 0.15) is 31.3 Å². The highest BCUT2D eigenvalue weighted by Crippen LogP contribution is 2.14. The number of nitrogens with zero attached hydrogens (tertiary/aromatic N) is 7. The fourth-order valence-corrected chi connectivity index (χ4v) is 2.80. The summed E-state index contributed by atoms with van der Waals surface area (Å²) >= 11 is 0. The Morgan fingerprint density at radius 1 is 1.11 bits per heavy atom. The Morgan fingerprint density at radius 2 is 1.93 bits per heavy atom. The van der Waals surface area contributed by atoms with E-state index in [1.165, 1.54) is 23.3 Å². The van der Waals surface area contributed by atoms with Gasteiger partial charge in [-0.05, 0) is 12.5 Å². The average molecular weight is 364 g/mol. The third-order valence-electron chi connectivity index (χ3n) is 4.35. The van der Waals surface area contributed by atoms with Crippen LogP contribution in [-0.4, -0.2) is 40.1 Å². The monoisotopic (exact) mass is 364 g/mol. The molecule has 0 aromatic carbocycles. The second-order valence-corrected chi connectivity index (χ2v) is 6.25. The zero-order valence-corrected chi connectivity index (χ0v) is 14.7. The molecule has 0 bridgehead atoms. The summed E-state index contributed by atoms with van der Waals surface area (Å²) in [5.74, 6) is 0.268. The predicted molar refractivity (Wildman–Crippen MR) is 97.3 cm³/mol. The van der Waals surface area contributed by atoms with Crippen LogP contribution < -0.4 is 11.1 Å². The molecule has 4 rings (SSSR count). The molecule has 27 heavy (non-hydrogen) atoms. The minimum Gasteiger partial charge on any atom is -0.267 e. The highest BCUT2D eigenvalue weighted by atomic mass is 16.1. The van der Waals surface area contributed by atoms with Gasteiger partial charge in [0.05, 0.1) is 29.0 Å². The van der Waals surface area contributed by atoms with E-state index < -0.39 is 0 Å². The van der Waals surface area contributed by atoms with Gasteiger partial charge in [-0.2, -0.15) is 5.10 Å². The topological polar surface area (TPSA) is 132 Å². The lowest BCUT2D eigenvalue weighted by molar-refractivity contribution is 0.485. The number of nitrogens with one attached hydrogen (secondary N) is 1. The smallest absolute Gasteiger partial charge is 0.267 e. The van der Waals surface area contributed by atoms with E-state index in [0.29, 0.717) is 27.6 Å². The molecule has 0 saturated heterocycles. The molecule has 4 aromatic rings. The number of hydrogen-bond acceptors (Lipinski definition) is 8. The predicted octanol–water partition coefficient (Wildman–Crippen LogP) is 0.579. The number of fused-ring (bicyclic) bond motifs is 2. The molecule has 4 heterocycles. The maximum Gasteiger partial charge on any atom is 0.279 e. The van der Waals surface area contributed by atoms with E-state index in [1.807, 2.05) is 13.8 Å². The fourth-order valence-electron chi connectivity index (χ4n) is 2.80. The van der Waals surface area contributed by atoms with Crippen LogP contribution in [0.2, 0.25) is 0 Å². The first-order valence-electron chi connectivity index (χ1n) is 8.49. The van der Waals surface area contributed by atoms with Crippen molar-refractivity contribution in [2.24, 2.45) is 0 Å². The van der Waals surface area contributed by atoms with E-state index in [0.717, 1.165) is 12.1 Å². The van der Waals surface area contributed by atoms with Crippen molar-refractivity contribution >= 4 is 21.8 Å². The third kappa shape index (κ3) is 3.05. The van der Waals surface area contributed by atoms with Gasteiger partial charge in [0.25, 0.3) is 11.1 Å². The van der Waals surface area contributed by atoms with Crippen molar-refractivity contribution in [2.75, 3.05) is 0 Å². The second-order valence-electron chi connectivity index (χ2n) is 6.25. The molecule has 10 heteroatoms. The lowest BCUT2D eigenvalue weighted by Crippen LogP contribution is -2.27. The molecule has 1 atom stereocenters. The van der Waals surface area contributed by atoms with E-state index >= 15 is 0 Å². The Hall–Kier alpha value is -3.56. The van der Waals surface area contributed by atoms with Crippen LogP contribution in [0.4, 0.5) is 0 Å². The van der Waals surface area contributed by atoms with Crippen LogP contribution in [0, 0.1) is 0 Å². The number of pyridine rings is 1. The normalized spacial score (nSPS) is 12.5. The number of aromatic nitrogens is 8. The van der Waals surface area contributed by atoms with Crippen molar-refractivity contribution in [2.45, 2.75) is 32.7 Å². The van der Waals surface area contributed by atoms with E-state index in [2.05, 4.69) is 35.5 Å². The summed E-state index contributed by atoms with van der Waals surface area (Å²) in [5.41, 5.74) is 1.23. The maximum absolute atomic E-state index is 12.7. The van der Waals surface area contributed by atoms with Gasteiger partial charge in [0.2, 0.25) is 0 Å². The second kappa shape index (κ2) is 6.63. The van der Waals surface area contributed by atoms with E-state index in [9.17, 15) is 9.59 Å². The molecular formula is C17H16N8O2. The Bertz CT molecular complexity index is 1260. The van der Waals surface area contributed by atoms with Crippen LogP contribution >= 0.6 is 0 Å². The minimum absolute atomic E-state index is 0.221. The van der Waals surface area contributed by atoms with Gasteiger partial charge in [0.1, 0.15) is 11.3 Å². The number of H-pyrrole nitrogens is 1. The summed E-state index contributed by atoms with van der Waals surface area (Å²) in [4.78, 5) is 37.3. The van der Waals surface area contributed by atoms with E-state index in [-0.39, 0.29) is 23.6 Å². The first-order valence-corrected chi connectivity index (χ1v) is 8.49. The molecule has 10 nitrogen and oxygen atoms in total. The highest BCUT2D eigenvalue weighted by molar-refractivity contribution is 5.76. The molecule has 0 fully saturated rings. The van der Waals surface area contributed by atoms with Gasteiger partial charge in [-0.3, -0.25) is 14.6 Å². The van der Waals surface area contributed by atoms with Gasteiger partial charge in [-0.25, -0.2) is 19.7 Å². The van der Waals surface area contributed by atoms with E-state index in [1.54, 1.807) is 6.07 Å². The molecule has 0 radical (unpaired) electrons. The summed E-state index contributed by atoms with van der Waals surface area (Å²) in [7, 11) is 0. The zero-order valence-electron chi connectivity index (χ0n) is 14.7. The lowest BCUT2D eigenvalue weighted by atomic mass is 10.1. The molecule has 136 valence electrons. The SMILES string of the molecule is CCc1cc2nnn(CC(C)c3ncc4c(=O)[nH]ncc4n3)c(=O)c2cn1. The molecule has 4 aromatic heterocycles. The largest absolute Gasteiger partial charge is 0.279 e. The van der Waals surface area contributed by atoms with E-state index in [4.69, 9.17) is 0 Å². The molecular weight excluding hydrogens is 348 g/mol. The summed E-state index contributed by atoms with van der Waals surface area (Å²) in [6, 6.07) is 1.77. The van der Waals surface area contributed by atoms with Crippen molar-refractivity contribution in [3.05, 3.63) is 56.9 Å². The van der Waals surface area contributed by atoms with Gasteiger partial charge in [0, 0.05) is 24.0 Å². The first-order chi connectivity index (χ1) is 13.1. The van der Waals surface area contributed by atoms with Gasteiger partial charge in [0.15, 0.2) is 0 Å². The van der Waals surface area contributed by atoms with Crippen LogP contribution in [0.3, 0.4) is 0 Å². The number of hydrogen-bond donors (Lipinski definition) is 1. The van der Waals surface area contributed by atoms with Gasteiger partial charge in [-0.15, -0.1) is 5.10 Å². The van der Waals surface area contributed by atoms with Gasteiger partial charge >= 0.3 is 0 Å². The molecule has 0 aliphatic rings. The zero-order chi connectivity index (χ0) is 19.0. The van der Waals surface area contributed by atoms with Crippen molar-refractivity contribution < 1.29 is 0 Å². The highest BCUT2D eigenvalue weighted by Gasteiger charge is 2.15. The van der Waals surface area contributed by atoms with Crippen LogP contribution in [0.15, 0.2) is 34.2 Å². The standard InChI is InChI=1S/C17H16N8O2/c1-3-10-4-13-12(6-18-10)17(27)25(24-22-13)8-9(2)15-19-5-11-14(21-15)7-20-23-16(11)26/h4-7,9H,3,8H2,1-2H3,(H,23,26). The molecule has 0 spiro atoms. The summed E-state index contributed by atoms with van der Waals surface area (Å²) in [6.45, 7) is 4.11. The maximum atomic E-state index is 12.7. The quantitative estimate of drug-likeness (QED) is 0.556. The minimum atomic E-state index is -0.345. The number of aromatic amines is 1. The summed E-state index contributed by atoms with van der Waals surface area (Å²) < 4.78 is 1.28. The fraction of sp³-hybridized carbons (Fsp3) is 0.294. The molecule has 1 N–H and O–H groups in total. The Labute approximate surface area is 152 Å². The van der Waals surface area contributed by atoms with Crippen molar-refractivity contribution in [1.29, 1.82) is 0 Å². The van der Waals surface area contributed by atoms with Gasteiger partial charge < -0.3 is 0 Å². The molecule has 1 unspecified atom stereocenters. The van der Waals surface area contributed by atoms with Gasteiger partial charge in [-0.1, -0.05) is 19.1 Å². The number of rotatable bonds is 4. The Balaban J connectivity index is 1.68. The summed E-state index contributed by atoms with van der Waals surface area (Å²) in [5, 5.41) is 15.0. The van der Waals surface area contributed by atoms with Crippen LogP contribution in [-0.2, 0) is 13.0 Å². The first kappa shape index (κ1) is 16.9. The molecule has 0 amide bonds. The summed E-state index contributed by atoms with van der Waals surface area (Å²) in [6.07, 6.45) is 5.22. The van der Waals surface area contributed by atoms with Crippen LogP contribution in [0.5, 0.6) is 0 Å². The third-order valence-corrected chi connectivity index (χ3v) is 4.35.